The second-order valence-corrected chi connectivity index (χ2v) is 3.63. The Morgan fingerprint density at radius 3 is 3.06 bits per heavy atom. The summed E-state index contributed by atoms with van der Waals surface area (Å²) in [4.78, 5) is 11.5. The van der Waals surface area contributed by atoms with Crippen LogP contribution in [0.3, 0.4) is 0 Å². The molecular formula is C11H16N4O. The zero-order valence-electron chi connectivity index (χ0n) is 9.42. The lowest BCUT2D eigenvalue weighted by Gasteiger charge is -2.02. The molecule has 0 saturated carbocycles. The second kappa shape index (κ2) is 6.62. The molecule has 0 bridgehead atoms. The van der Waals surface area contributed by atoms with Gasteiger partial charge in [-0.05, 0) is 6.42 Å². The van der Waals surface area contributed by atoms with Crippen molar-refractivity contribution in [1.29, 1.82) is 5.26 Å². The summed E-state index contributed by atoms with van der Waals surface area (Å²) in [5.41, 5.74) is 0.363. The first-order valence-electron chi connectivity index (χ1n) is 5.51. The van der Waals surface area contributed by atoms with Crippen LogP contribution in [0.2, 0.25) is 0 Å². The van der Waals surface area contributed by atoms with E-state index in [1.54, 1.807) is 0 Å². The molecule has 0 unspecified atom stereocenters. The van der Waals surface area contributed by atoms with Gasteiger partial charge in [-0.2, -0.15) is 10.4 Å². The van der Waals surface area contributed by atoms with Crippen LogP contribution in [0, 0.1) is 11.3 Å². The number of aromatic amines is 1. The molecule has 0 atom stereocenters. The third kappa shape index (κ3) is 3.73. The van der Waals surface area contributed by atoms with E-state index in [4.69, 9.17) is 5.26 Å². The van der Waals surface area contributed by atoms with Gasteiger partial charge in [0.1, 0.15) is 17.5 Å². The Hall–Kier alpha value is -1.83. The van der Waals surface area contributed by atoms with Crippen LogP contribution in [0.1, 0.15) is 44.6 Å². The van der Waals surface area contributed by atoms with Crippen LogP contribution >= 0.6 is 0 Å². The third-order valence-corrected chi connectivity index (χ3v) is 2.28. The molecule has 5 heteroatoms. The first-order valence-corrected chi connectivity index (χ1v) is 5.51. The fourth-order valence-corrected chi connectivity index (χ4v) is 1.38. The summed E-state index contributed by atoms with van der Waals surface area (Å²) >= 11 is 0. The van der Waals surface area contributed by atoms with Gasteiger partial charge in [-0.25, -0.2) is 0 Å². The number of aromatic nitrogens is 2. The van der Waals surface area contributed by atoms with Crippen molar-refractivity contribution in [3.05, 3.63) is 11.8 Å². The normalized spacial score (nSPS) is 9.75. The number of unbranched alkanes of at least 4 members (excludes halogenated alkanes) is 3. The first kappa shape index (κ1) is 12.2. The van der Waals surface area contributed by atoms with Gasteiger partial charge in [0.15, 0.2) is 0 Å². The van der Waals surface area contributed by atoms with Gasteiger partial charge in [0.2, 0.25) is 5.91 Å². The van der Waals surface area contributed by atoms with Gasteiger partial charge in [0, 0.05) is 6.42 Å². The quantitative estimate of drug-likeness (QED) is 0.721. The van der Waals surface area contributed by atoms with Gasteiger partial charge in [-0.15, -0.1) is 0 Å². The van der Waals surface area contributed by atoms with Crippen molar-refractivity contribution in [2.75, 3.05) is 5.32 Å². The Morgan fingerprint density at radius 1 is 1.56 bits per heavy atom. The standard InChI is InChI=1S/C11H16N4O/c1-2-3-4-5-6-10(16)14-11-9(7-12)8-13-15-11/h8H,2-6H2,1H3,(H2,13,14,15,16). The fourth-order valence-electron chi connectivity index (χ4n) is 1.38. The smallest absolute Gasteiger partial charge is 0.225 e. The number of rotatable bonds is 6. The number of carbonyl (C=O) groups excluding carboxylic acids is 1. The highest BCUT2D eigenvalue weighted by atomic mass is 16.1. The molecule has 1 rings (SSSR count). The van der Waals surface area contributed by atoms with Crippen molar-refractivity contribution in [2.45, 2.75) is 39.0 Å². The van der Waals surface area contributed by atoms with E-state index in [2.05, 4.69) is 22.4 Å². The SMILES string of the molecule is CCCCCCC(=O)Nc1[nH]ncc1C#N. The van der Waals surface area contributed by atoms with Crippen LogP contribution < -0.4 is 5.32 Å². The van der Waals surface area contributed by atoms with E-state index in [1.807, 2.05) is 6.07 Å². The fraction of sp³-hybridized carbons (Fsp3) is 0.545. The maximum Gasteiger partial charge on any atom is 0.225 e. The molecule has 0 aromatic carbocycles. The van der Waals surface area contributed by atoms with E-state index in [9.17, 15) is 4.79 Å². The molecule has 0 saturated heterocycles. The molecule has 0 aliphatic carbocycles. The number of hydrogen-bond acceptors (Lipinski definition) is 3. The Bertz CT molecular complexity index is 378. The summed E-state index contributed by atoms with van der Waals surface area (Å²) in [6.45, 7) is 2.13. The van der Waals surface area contributed by atoms with Crippen molar-refractivity contribution in [3.63, 3.8) is 0 Å². The zero-order valence-corrected chi connectivity index (χ0v) is 9.42. The minimum absolute atomic E-state index is 0.0724. The lowest BCUT2D eigenvalue weighted by molar-refractivity contribution is -0.116. The molecule has 86 valence electrons. The molecule has 1 heterocycles. The number of hydrogen-bond donors (Lipinski definition) is 2. The third-order valence-electron chi connectivity index (χ3n) is 2.28. The predicted molar refractivity (Wildman–Crippen MR) is 60.7 cm³/mol. The van der Waals surface area contributed by atoms with Gasteiger partial charge in [0.25, 0.3) is 0 Å². The van der Waals surface area contributed by atoms with Crippen LogP contribution in [-0.2, 0) is 4.79 Å². The highest BCUT2D eigenvalue weighted by molar-refractivity contribution is 5.90. The molecule has 2 N–H and O–H groups in total. The van der Waals surface area contributed by atoms with Crippen molar-refractivity contribution < 1.29 is 4.79 Å². The summed E-state index contributed by atoms with van der Waals surface area (Å²) in [5, 5.41) is 17.6. The molecule has 0 fully saturated rings. The minimum Gasteiger partial charge on any atom is -0.310 e. The number of amides is 1. The van der Waals surface area contributed by atoms with E-state index in [0.29, 0.717) is 17.8 Å². The van der Waals surface area contributed by atoms with E-state index in [0.717, 1.165) is 25.7 Å². The van der Waals surface area contributed by atoms with Crippen molar-refractivity contribution in [3.8, 4) is 6.07 Å². The molecule has 1 aromatic heterocycles. The molecule has 0 aliphatic heterocycles. The summed E-state index contributed by atoms with van der Waals surface area (Å²) in [5.74, 6) is 0.319. The van der Waals surface area contributed by atoms with Gasteiger partial charge in [0.05, 0.1) is 6.20 Å². The minimum atomic E-state index is -0.0724. The molecule has 0 radical (unpaired) electrons. The molecule has 1 aromatic rings. The van der Waals surface area contributed by atoms with E-state index >= 15 is 0 Å². The maximum atomic E-state index is 11.5. The zero-order chi connectivity index (χ0) is 11.8. The van der Waals surface area contributed by atoms with E-state index < -0.39 is 0 Å². The van der Waals surface area contributed by atoms with Gasteiger partial charge >= 0.3 is 0 Å². The summed E-state index contributed by atoms with van der Waals surface area (Å²) in [6.07, 6.45) is 6.14. The number of nitrogens with zero attached hydrogens (tertiary/aromatic N) is 2. The highest BCUT2D eigenvalue weighted by Gasteiger charge is 2.07. The van der Waals surface area contributed by atoms with Crippen LogP contribution in [0.15, 0.2) is 6.20 Å². The Morgan fingerprint density at radius 2 is 2.38 bits per heavy atom. The average Bonchev–Trinajstić information content (AvgIpc) is 2.71. The molecule has 0 aliphatic rings. The predicted octanol–water partition coefficient (Wildman–Crippen LogP) is 2.19. The van der Waals surface area contributed by atoms with E-state index in [1.165, 1.54) is 6.20 Å². The van der Waals surface area contributed by atoms with Crippen LogP contribution in [0.4, 0.5) is 5.82 Å². The van der Waals surface area contributed by atoms with Crippen LogP contribution in [0.25, 0.3) is 0 Å². The first-order chi connectivity index (χ1) is 7.77. The van der Waals surface area contributed by atoms with Crippen molar-refractivity contribution in [2.24, 2.45) is 0 Å². The lowest BCUT2D eigenvalue weighted by atomic mass is 10.1. The van der Waals surface area contributed by atoms with Crippen molar-refractivity contribution >= 4 is 11.7 Å². The Labute approximate surface area is 94.9 Å². The maximum absolute atomic E-state index is 11.5. The van der Waals surface area contributed by atoms with E-state index in [-0.39, 0.29) is 5.91 Å². The Kier molecular flexibility index (Phi) is 5.06. The summed E-state index contributed by atoms with van der Waals surface area (Å²) in [6, 6.07) is 1.95. The number of anilines is 1. The second-order valence-electron chi connectivity index (χ2n) is 3.63. The average molecular weight is 220 g/mol. The van der Waals surface area contributed by atoms with Gasteiger partial charge in [-0.1, -0.05) is 26.2 Å². The van der Waals surface area contributed by atoms with Gasteiger partial charge < -0.3 is 5.32 Å². The number of nitriles is 1. The number of carbonyl (C=O) groups is 1. The summed E-state index contributed by atoms with van der Waals surface area (Å²) in [7, 11) is 0. The topological polar surface area (TPSA) is 81.6 Å². The molecular weight excluding hydrogens is 204 g/mol. The van der Waals surface area contributed by atoms with Crippen molar-refractivity contribution in [1.82, 2.24) is 10.2 Å². The number of H-pyrrole nitrogens is 1. The molecule has 5 nitrogen and oxygen atoms in total. The lowest BCUT2D eigenvalue weighted by Crippen LogP contribution is -2.12. The van der Waals surface area contributed by atoms with Gasteiger partial charge in [-0.3, -0.25) is 9.89 Å². The molecule has 0 spiro atoms. The van der Waals surface area contributed by atoms with Crippen LogP contribution in [-0.4, -0.2) is 16.1 Å². The molecule has 1 amide bonds. The monoisotopic (exact) mass is 220 g/mol. The Balaban J connectivity index is 2.32. The summed E-state index contributed by atoms with van der Waals surface area (Å²) < 4.78 is 0. The largest absolute Gasteiger partial charge is 0.310 e. The molecule has 16 heavy (non-hydrogen) atoms. The highest BCUT2D eigenvalue weighted by Crippen LogP contribution is 2.10. The number of nitrogens with one attached hydrogen (secondary N) is 2. The van der Waals surface area contributed by atoms with Crippen LogP contribution in [0.5, 0.6) is 0 Å².